The number of hydrogen-bond donors (Lipinski definition) is 0. The van der Waals surface area contributed by atoms with Crippen molar-refractivity contribution in [3.8, 4) is 11.5 Å². The molecule has 0 fully saturated rings. The SMILES string of the molecule is CCOC(=O)c1nc(N(CCc2ccccc2)C(=O)C2Oc3ccccc3OC2C)sc1C. The Balaban J connectivity index is 1.63. The molecule has 0 bridgehead atoms. The second kappa shape index (κ2) is 10.0. The standard InChI is InChI=1S/C25H26N2O5S/c1-4-30-24(29)21-17(3)33-25(26-21)27(15-14-18-10-6-5-7-11-18)23(28)22-16(2)31-19-12-8-9-13-20(19)32-22/h5-13,16,22H,4,14-15H2,1-3H3. The zero-order valence-electron chi connectivity index (χ0n) is 18.8. The number of rotatable bonds is 7. The van der Waals surface area contributed by atoms with Gasteiger partial charge in [-0.2, -0.15) is 0 Å². The summed E-state index contributed by atoms with van der Waals surface area (Å²) in [7, 11) is 0. The van der Waals surface area contributed by atoms with E-state index in [2.05, 4.69) is 4.98 Å². The average molecular weight is 467 g/mol. The molecule has 2 aromatic carbocycles. The fraction of sp³-hybridized carbons (Fsp3) is 0.320. The van der Waals surface area contributed by atoms with Crippen LogP contribution in [0, 0.1) is 6.92 Å². The lowest BCUT2D eigenvalue weighted by molar-refractivity contribution is -0.130. The number of fused-ring (bicyclic) bond motifs is 1. The number of esters is 1. The van der Waals surface area contributed by atoms with Gasteiger partial charge >= 0.3 is 5.97 Å². The maximum absolute atomic E-state index is 13.7. The van der Waals surface area contributed by atoms with Crippen molar-refractivity contribution >= 4 is 28.3 Å². The van der Waals surface area contributed by atoms with Crippen LogP contribution >= 0.6 is 11.3 Å². The van der Waals surface area contributed by atoms with E-state index >= 15 is 0 Å². The molecule has 0 saturated heterocycles. The normalized spacial score (nSPS) is 16.8. The number of carbonyl (C=O) groups excluding carboxylic acids is 2. The first kappa shape index (κ1) is 22.8. The Bertz CT molecular complexity index is 1130. The molecule has 2 heterocycles. The number of anilines is 1. The fourth-order valence-electron chi connectivity index (χ4n) is 3.62. The molecule has 3 aromatic rings. The maximum atomic E-state index is 13.7. The molecule has 4 rings (SSSR count). The molecule has 2 unspecified atom stereocenters. The third kappa shape index (κ3) is 5.01. The average Bonchev–Trinajstić information content (AvgIpc) is 3.20. The summed E-state index contributed by atoms with van der Waals surface area (Å²) >= 11 is 1.29. The van der Waals surface area contributed by atoms with E-state index in [-0.39, 0.29) is 18.2 Å². The highest BCUT2D eigenvalue weighted by atomic mass is 32.1. The first-order chi connectivity index (χ1) is 16.0. The Morgan fingerprint density at radius 2 is 1.73 bits per heavy atom. The topological polar surface area (TPSA) is 78.0 Å². The highest BCUT2D eigenvalue weighted by Crippen LogP contribution is 2.35. The minimum absolute atomic E-state index is 0.230. The number of ether oxygens (including phenoxy) is 3. The van der Waals surface area contributed by atoms with Gasteiger partial charge in [0.15, 0.2) is 22.3 Å². The highest BCUT2D eigenvalue weighted by molar-refractivity contribution is 7.16. The van der Waals surface area contributed by atoms with Crippen molar-refractivity contribution in [3.63, 3.8) is 0 Å². The van der Waals surface area contributed by atoms with E-state index in [1.807, 2.05) is 55.5 Å². The molecule has 1 aromatic heterocycles. The second-order valence-corrected chi connectivity index (χ2v) is 8.84. The molecular formula is C25H26N2O5S. The molecule has 1 aliphatic heterocycles. The summed E-state index contributed by atoms with van der Waals surface area (Å²) in [5, 5.41) is 0.436. The number of aryl methyl sites for hydroxylation is 1. The van der Waals surface area contributed by atoms with E-state index in [0.29, 0.717) is 34.5 Å². The lowest BCUT2D eigenvalue weighted by Gasteiger charge is -2.33. The minimum Gasteiger partial charge on any atom is -0.482 e. The van der Waals surface area contributed by atoms with Crippen molar-refractivity contribution in [2.45, 2.75) is 39.4 Å². The second-order valence-electron chi connectivity index (χ2n) is 7.66. The van der Waals surface area contributed by atoms with E-state index in [4.69, 9.17) is 14.2 Å². The fourth-order valence-corrected chi connectivity index (χ4v) is 4.54. The summed E-state index contributed by atoms with van der Waals surface area (Å²) in [6.07, 6.45) is -0.707. The van der Waals surface area contributed by atoms with Crippen LogP contribution in [0.3, 0.4) is 0 Å². The van der Waals surface area contributed by atoms with E-state index in [1.165, 1.54) is 11.3 Å². The molecule has 0 radical (unpaired) electrons. The maximum Gasteiger partial charge on any atom is 0.358 e. The number of thiazole rings is 1. The van der Waals surface area contributed by atoms with Crippen LogP contribution in [0.2, 0.25) is 0 Å². The number of carbonyl (C=O) groups is 2. The zero-order chi connectivity index (χ0) is 23.4. The molecule has 0 spiro atoms. The Labute approximate surface area is 196 Å². The van der Waals surface area contributed by atoms with Gasteiger partial charge in [-0.25, -0.2) is 9.78 Å². The third-order valence-electron chi connectivity index (χ3n) is 5.30. The van der Waals surface area contributed by atoms with Gasteiger partial charge in [0.05, 0.1) is 6.61 Å². The van der Waals surface area contributed by atoms with Crippen molar-refractivity contribution < 1.29 is 23.8 Å². The minimum atomic E-state index is -0.842. The van der Waals surface area contributed by atoms with Crippen molar-refractivity contribution in [3.05, 3.63) is 70.7 Å². The Morgan fingerprint density at radius 1 is 1.06 bits per heavy atom. The summed E-state index contributed by atoms with van der Waals surface area (Å²) in [5.74, 6) is 0.378. The molecule has 0 aliphatic carbocycles. The number of hydrogen-bond acceptors (Lipinski definition) is 7. The van der Waals surface area contributed by atoms with Gasteiger partial charge < -0.3 is 14.2 Å². The van der Waals surface area contributed by atoms with Crippen molar-refractivity contribution in [1.82, 2.24) is 4.98 Å². The summed E-state index contributed by atoms with van der Waals surface area (Å²) in [4.78, 5) is 32.8. The summed E-state index contributed by atoms with van der Waals surface area (Å²) in [5.41, 5.74) is 1.32. The summed E-state index contributed by atoms with van der Waals surface area (Å²) in [6, 6.07) is 17.2. The van der Waals surface area contributed by atoms with Gasteiger partial charge in [-0.15, -0.1) is 11.3 Å². The molecule has 33 heavy (non-hydrogen) atoms. The van der Waals surface area contributed by atoms with E-state index in [0.717, 1.165) is 5.56 Å². The predicted octanol–water partition coefficient (Wildman–Crippen LogP) is 4.43. The Kier molecular flexibility index (Phi) is 6.93. The first-order valence-electron chi connectivity index (χ1n) is 10.9. The van der Waals surface area contributed by atoms with Gasteiger partial charge in [-0.3, -0.25) is 9.69 Å². The lowest BCUT2D eigenvalue weighted by Crippen LogP contribution is -2.51. The number of amides is 1. The number of para-hydroxylation sites is 2. The molecule has 1 amide bonds. The summed E-state index contributed by atoms with van der Waals surface area (Å²) < 4.78 is 17.1. The number of benzene rings is 2. The molecular weight excluding hydrogens is 440 g/mol. The number of nitrogens with zero attached hydrogens (tertiary/aromatic N) is 2. The van der Waals surface area contributed by atoms with Gasteiger partial charge in [0, 0.05) is 11.4 Å². The quantitative estimate of drug-likeness (QED) is 0.480. The van der Waals surface area contributed by atoms with Crippen LogP contribution in [0.15, 0.2) is 54.6 Å². The smallest absolute Gasteiger partial charge is 0.358 e. The Morgan fingerprint density at radius 3 is 2.42 bits per heavy atom. The summed E-state index contributed by atoms with van der Waals surface area (Å²) in [6.45, 7) is 5.99. The van der Waals surface area contributed by atoms with Crippen LogP contribution in [-0.2, 0) is 16.0 Å². The van der Waals surface area contributed by atoms with Crippen LogP contribution in [0.1, 0.15) is 34.8 Å². The highest BCUT2D eigenvalue weighted by Gasteiger charge is 2.38. The first-order valence-corrected chi connectivity index (χ1v) is 11.7. The van der Waals surface area contributed by atoms with E-state index < -0.39 is 18.2 Å². The Hall–Kier alpha value is -3.39. The lowest BCUT2D eigenvalue weighted by atomic mass is 10.1. The van der Waals surface area contributed by atoms with E-state index in [9.17, 15) is 9.59 Å². The van der Waals surface area contributed by atoms with Crippen molar-refractivity contribution in [2.24, 2.45) is 0 Å². The van der Waals surface area contributed by atoms with Crippen LogP contribution in [0.4, 0.5) is 5.13 Å². The molecule has 0 N–H and O–H groups in total. The molecule has 2 atom stereocenters. The van der Waals surface area contributed by atoms with Gasteiger partial charge in [0.25, 0.3) is 5.91 Å². The molecule has 1 aliphatic rings. The largest absolute Gasteiger partial charge is 0.482 e. The molecule has 8 heteroatoms. The zero-order valence-corrected chi connectivity index (χ0v) is 19.6. The van der Waals surface area contributed by atoms with Gasteiger partial charge in [-0.1, -0.05) is 42.5 Å². The van der Waals surface area contributed by atoms with Crippen molar-refractivity contribution in [1.29, 1.82) is 0 Å². The third-order valence-corrected chi connectivity index (χ3v) is 6.30. The van der Waals surface area contributed by atoms with E-state index in [1.54, 1.807) is 24.8 Å². The monoisotopic (exact) mass is 466 g/mol. The van der Waals surface area contributed by atoms with Gasteiger partial charge in [0.1, 0.15) is 6.10 Å². The molecule has 172 valence electrons. The van der Waals surface area contributed by atoms with Gasteiger partial charge in [0.2, 0.25) is 6.10 Å². The van der Waals surface area contributed by atoms with Crippen LogP contribution in [0.5, 0.6) is 11.5 Å². The van der Waals surface area contributed by atoms with Gasteiger partial charge in [-0.05, 0) is 44.9 Å². The number of aromatic nitrogens is 1. The van der Waals surface area contributed by atoms with Crippen LogP contribution < -0.4 is 14.4 Å². The molecule has 0 saturated carbocycles. The van der Waals surface area contributed by atoms with Crippen molar-refractivity contribution in [2.75, 3.05) is 18.1 Å². The predicted molar refractivity (Wildman–Crippen MR) is 126 cm³/mol. The van der Waals surface area contributed by atoms with Crippen LogP contribution in [0.25, 0.3) is 0 Å². The molecule has 7 nitrogen and oxygen atoms in total. The van der Waals surface area contributed by atoms with Crippen LogP contribution in [-0.4, -0.2) is 42.2 Å².